The van der Waals surface area contributed by atoms with Gasteiger partial charge in [-0.1, -0.05) is 0 Å². The second-order valence-corrected chi connectivity index (χ2v) is 3.16. The maximum absolute atomic E-state index is 13.1. The standard InChI is InChI=1S/C9H5F7O/c10-7-5(8(11,12)13)1-4(3-17)2-6(7)9(14,15)16/h1-2,17H,3H2. The van der Waals surface area contributed by atoms with E-state index in [1.165, 1.54) is 0 Å². The molecule has 0 amide bonds. The largest absolute Gasteiger partial charge is 0.419 e. The van der Waals surface area contributed by atoms with Gasteiger partial charge in [0.2, 0.25) is 0 Å². The number of benzene rings is 1. The van der Waals surface area contributed by atoms with E-state index in [1.54, 1.807) is 0 Å². The third-order valence-electron chi connectivity index (χ3n) is 1.93. The molecule has 0 bridgehead atoms. The molecule has 0 aromatic heterocycles. The molecule has 1 aromatic carbocycles. The van der Waals surface area contributed by atoms with Gasteiger partial charge in [0.15, 0.2) is 0 Å². The van der Waals surface area contributed by atoms with Crippen molar-refractivity contribution in [3.63, 3.8) is 0 Å². The van der Waals surface area contributed by atoms with Gasteiger partial charge in [-0.2, -0.15) is 26.3 Å². The van der Waals surface area contributed by atoms with E-state index in [0.717, 1.165) is 0 Å². The van der Waals surface area contributed by atoms with Crippen LogP contribution in [0.4, 0.5) is 30.7 Å². The van der Waals surface area contributed by atoms with Crippen LogP contribution in [0.3, 0.4) is 0 Å². The number of rotatable bonds is 1. The predicted molar refractivity (Wildman–Crippen MR) is 42.3 cm³/mol. The summed E-state index contributed by atoms with van der Waals surface area (Å²) in [7, 11) is 0. The van der Waals surface area contributed by atoms with Crippen LogP contribution in [0.25, 0.3) is 0 Å². The van der Waals surface area contributed by atoms with Gasteiger partial charge in [0.1, 0.15) is 5.82 Å². The number of hydrogen-bond acceptors (Lipinski definition) is 1. The van der Waals surface area contributed by atoms with Crippen molar-refractivity contribution in [1.29, 1.82) is 0 Å². The van der Waals surface area contributed by atoms with Crippen LogP contribution >= 0.6 is 0 Å². The van der Waals surface area contributed by atoms with Gasteiger partial charge >= 0.3 is 12.4 Å². The Morgan fingerprint density at radius 2 is 1.24 bits per heavy atom. The maximum atomic E-state index is 13.1. The second kappa shape index (κ2) is 4.17. The molecule has 0 atom stereocenters. The van der Waals surface area contributed by atoms with E-state index in [2.05, 4.69) is 0 Å². The molecular formula is C9H5F7O. The van der Waals surface area contributed by atoms with Crippen LogP contribution < -0.4 is 0 Å². The summed E-state index contributed by atoms with van der Waals surface area (Å²) < 4.78 is 86.5. The number of halogens is 7. The third kappa shape index (κ3) is 2.87. The molecule has 0 saturated carbocycles. The van der Waals surface area contributed by atoms with Crippen LogP contribution in [0.2, 0.25) is 0 Å². The first-order valence-corrected chi connectivity index (χ1v) is 4.15. The minimum Gasteiger partial charge on any atom is -0.392 e. The molecule has 0 heterocycles. The highest BCUT2D eigenvalue weighted by Crippen LogP contribution is 2.39. The van der Waals surface area contributed by atoms with Crippen molar-refractivity contribution >= 4 is 0 Å². The summed E-state index contributed by atoms with van der Waals surface area (Å²) in [6, 6.07) is 0.287. The molecule has 0 aliphatic heterocycles. The number of hydrogen-bond donors (Lipinski definition) is 1. The Morgan fingerprint density at radius 1 is 0.882 bits per heavy atom. The van der Waals surface area contributed by atoms with Crippen LogP contribution in [-0.4, -0.2) is 5.11 Å². The normalized spacial score (nSPS) is 12.9. The topological polar surface area (TPSA) is 20.2 Å². The molecule has 1 N–H and O–H groups in total. The third-order valence-corrected chi connectivity index (χ3v) is 1.93. The lowest BCUT2D eigenvalue weighted by Gasteiger charge is -2.15. The fraction of sp³-hybridized carbons (Fsp3) is 0.333. The molecule has 0 aliphatic rings. The summed E-state index contributed by atoms with van der Waals surface area (Å²) in [5.41, 5.74) is -4.75. The predicted octanol–water partition coefficient (Wildman–Crippen LogP) is 3.36. The summed E-state index contributed by atoms with van der Waals surface area (Å²) in [4.78, 5) is 0. The molecule has 0 unspecified atom stereocenters. The minimum atomic E-state index is -5.25. The van der Waals surface area contributed by atoms with Crippen LogP contribution in [0.15, 0.2) is 12.1 Å². The molecule has 1 nitrogen and oxygen atoms in total. The summed E-state index contributed by atoms with van der Waals surface area (Å²) in [5, 5.41) is 8.55. The summed E-state index contributed by atoms with van der Waals surface area (Å²) >= 11 is 0. The molecule has 1 aromatic rings. The van der Waals surface area contributed by atoms with E-state index in [4.69, 9.17) is 5.11 Å². The van der Waals surface area contributed by atoms with Crippen molar-refractivity contribution < 1.29 is 35.8 Å². The van der Waals surface area contributed by atoms with E-state index in [1.807, 2.05) is 0 Å². The zero-order chi connectivity index (χ0) is 13.4. The maximum Gasteiger partial charge on any atom is 0.419 e. The molecule has 1 rings (SSSR count). The Kier molecular flexibility index (Phi) is 3.37. The average molecular weight is 262 g/mol. The Morgan fingerprint density at radius 3 is 1.47 bits per heavy atom. The molecular weight excluding hydrogens is 257 g/mol. The van der Waals surface area contributed by atoms with Crippen molar-refractivity contribution in [2.75, 3.05) is 0 Å². The van der Waals surface area contributed by atoms with Gasteiger partial charge in [-0.15, -0.1) is 0 Å². The van der Waals surface area contributed by atoms with E-state index in [0.29, 0.717) is 0 Å². The monoisotopic (exact) mass is 262 g/mol. The van der Waals surface area contributed by atoms with Gasteiger partial charge in [0.05, 0.1) is 17.7 Å². The van der Waals surface area contributed by atoms with E-state index >= 15 is 0 Å². The lowest BCUT2D eigenvalue weighted by Crippen LogP contribution is -2.16. The van der Waals surface area contributed by atoms with Crippen molar-refractivity contribution in [1.82, 2.24) is 0 Å². The summed E-state index contributed by atoms with van der Waals surface area (Å²) in [5.74, 6) is -2.39. The minimum absolute atomic E-state index is 0.143. The van der Waals surface area contributed by atoms with Crippen molar-refractivity contribution in [2.45, 2.75) is 19.0 Å². The summed E-state index contributed by atoms with van der Waals surface area (Å²) in [6.07, 6.45) is -10.5. The van der Waals surface area contributed by atoms with Crippen LogP contribution in [0.1, 0.15) is 16.7 Å². The Labute approximate surface area is 90.5 Å². The van der Waals surface area contributed by atoms with E-state index in [9.17, 15) is 30.7 Å². The molecule has 0 spiro atoms. The first-order chi connectivity index (χ1) is 7.57. The zero-order valence-corrected chi connectivity index (χ0v) is 7.95. The molecule has 8 heteroatoms. The van der Waals surface area contributed by atoms with Gasteiger partial charge in [0.25, 0.3) is 0 Å². The molecule has 0 fully saturated rings. The van der Waals surface area contributed by atoms with Crippen molar-refractivity contribution in [3.8, 4) is 0 Å². The van der Waals surface area contributed by atoms with Gasteiger partial charge in [-0.05, 0) is 17.7 Å². The Bertz CT molecular complexity index is 383. The van der Waals surface area contributed by atoms with Crippen molar-refractivity contribution in [3.05, 3.63) is 34.6 Å². The highest BCUT2D eigenvalue weighted by Gasteiger charge is 2.41. The van der Waals surface area contributed by atoms with Gasteiger partial charge in [0, 0.05) is 0 Å². The molecule has 0 aliphatic carbocycles. The van der Waals surface area contributed by atoms with Crippen LogP contribution in [-0.2, 0) is 19.0 Å². The molecule has 17 heavy (non-hydrogen) atoms. The molecule has 96 valence electrons. The fourth-order valence-electron chi connectivity index (χ4n) is 1.19. The summed E-state index contributed by atoms with van der Waals surface area (Å²) in [6.45, 7) is -1.05. The smallest absolute Gasteiger partial charge is 0.392 e. The Balaban J connectivity index is 3.53. The first kappa shape index (κ1) is 13.8. The van der Waals surface area contributed by atoms with E-state index < -0.39 is 41.5 Å². The zero-order valence-electron chi connectivity index (χ0n) is 7.95. The average Bonchev–Trinajstić information content (AvgIpc) is 2.14. The quantitative estimate of drug-likeness (QED) is 0.769. The second-order valence-electron chi connectivity index (χ2n) is 3.16. The number of aliphatic hydroxyl groups is 1. The van der Waals surface area contributed by atoms with Gasteiger partial charge < -0.3 is 5.11 Å². The van der Waals surface area contributed by atoms with Crippen LogP contribution in [0, 0.1) is 5.82 Å². The van der Waals surface area contributed by atoms with E-state index in [-0.39, 0.29) is 12.1 Å². The number of alkyl halides is 6. The van der Waals surface area contributed by atoms with Crippen molar-refractivity contribution in [2.24, 2.45) is 0 Å². The van der Waals surface area contributed by atoms with Crippen LogP contribution in [0.5, 0.6) is 0 Å². The highest BCUT2D eigenvalue weighted by molar-refractivity contribution is 5.35. The fourth-order valence-corrected chi connectivity index (χ4v) is 1.19. The SMILES string of the molecule is OCc1cc(C(F)(F)F)c(F)c(C(F)(F)F)c1. The highest BCUT2D eigenvalue weighted by atomic mass is 19.4. The van der Waals surface area contributed by atoms with Gasteiger partial charge in [-0.25, -0.2) is 4.39 Å². The lowest BCUT2D eigenvalue weighted by molar-refractivity contribution is -0.147. The number of aliphatic hydroxyl groups excluding tert-OH is 1. The molecule has 0 radical (unpaired) electrons. The van der Waals surface area contributed by atoms with Gasteiger partial charge in [-0.3, -0.25) is 0 Å². The Hall–Kier alpha value is -1.31. The molecule has 0 saturated heterocycles. The lowest BCUT2D eigenvalue weighted by atomic mass is 10.0. The first-order valence-electron chi connectivity index (χ1n) is 4.15.